The van der Waals surface area contributed by atoms with Gasteiger partial charge in [0.15, 0.2) is 0 Å². The van der Waals surface area contributed by atoms with Gasteiger partial charge in [0.05, 0.1) is 13.0 Å². The third kappa shape index (κ3) is 6.16. The van der Waals surface area contributed by atoms with Crippen LogP contribution in [-0.4, -0.2) is 47.8 Å². The van der Waals surface area contributed by atoms with E-state index in [1.165, 1.54) is 32.4 Å². The average Bonchev–Trinajstić information content (AvgIpc) is 2.98. The minimum absolute atomic E-state index is 0.134. The van der Waals surface area contributed by atoms with Gasteiger partial charge in [-0.25, -0.2) is 5.01 Å². The quantitative estimate of drug-likeness (QED) is 0.701. The van der Waals surface area contributed by atoms with Crippen molar-refractivity contribution in [2.45, 2.75) is 38.8 Å². The van der Waals surface area contributed by atoms with Gasteiger partial charge in [0.1, 0.15) is 0 Å². The van der Waals surface area contributed by atoms with Gasteiger partial charge in [-0.1, -0.05) is 24.6 Å². The molecule has 0 bridgehead atoms. The van der Waals surface area contributed by atoms with E-state index in [9.17, 15) is 4.79 Å². The number of piperidine rings is 1. The molecule has 3 N–H and O–H groups in total. The number of aryl methyl sites for hydroxylation is 1. The maximum Gasteiger partial charge on any atom is 0.305 e. The highest BCUT2D eigenvalue weighted by Crippen LogP contribution is 2.21. The third-order valence-corrected chi connectivity index (χ3v) is 4.43. The third-order valence-electron chi connectivity index (χ3n) is 4.43. The lowest BCUT2D eigenvalue weighted by Gasteiger charge is -2.17. The smallest absolute Gasteiger partial charge is 0.305 e. The van der Waals surface area contributed by atoms with Crippen LogP contribution in [0.3, 0.4) is 0 Å². The summed E-state index contributed by atoms with van der Waals surface area (Å²) < 4.78 is 2.08. The van der Waals surface area contributed by atoms with Crippen molar-refractivity contribution < 1.29 is 9.90 Å². The zero-order chi connectivity index (χ0) is 18.1. The van der Waals surface area contributed by atoms with E-state index in [0.29, 0.717) is 6.54 Å². The van der Waals surface area contributed by atoms with Gasteiger partial charge in [-0.2, -0.15) is 0 Å². The molecule has 6 heteroatoms. The first-order valence-corrected chi connectivity index (χ1v) is 9.00. The number of carboxylic acids is 1. The molecule has 0 amide bonds. The summed E-state index contributed by atoms with van der Waals surface area (Å²) in [7, 11) is 3.82. The van der Waals surface area contributed by atoms with E-state index in [2.05, 4.69) is 27.4 Å². The van der Waals surface area contributed by atoms with Gasteiger partial charge >= 0.3 is 5.97 Å². The second kappa shape index (κ2) is 10.2. The molecule has 2 heterocycles. The first kappa shape index (κ1) is 19.4. The van der Waals surface area contributed by atoms with E-state index in [1.807, 2.05) is 37.3 Å². The monoisotopic (exact) mass is 346 g/mol. The number of hydrogen-bond donors (Lipinski definition) is 3. The van der Waals surface area contributed by atoms with Gasteiger partial charge in [-0.05, 0) is 50.5 Å². The molecule has 0 saturated carbocycles. The van der Waals surface area contributed by atoms with Crippen LogP contribution in [-0.2, 0) is 17.9 Å². The Bertz CT molecular complexity index is 653. The molecule has 1 aliphatic rings. The standard InChI is InChI=1S/C14H19N3O2.C5H11N/c1-15-16(2)10-12-9-11-5-3-4-6-13(11)17(12)8-7-14(18)19;1-2-4-6-5-3-1/h3-6,9,15H,7-8,10H2,1-2H3,(H,18,19);6H,1-5H2. The summed E-state index contributed by atoms with van der Waals surface area (Å²) in [6, 6.07) is 10.2. The highest BCUT2D eigenvalue weighted by atomic mass is 16.4. The summed E-state index contributed by atoms with van der Waals surface area (Å²) in [5.74, 6) is -0.772. The molecule has 1 saturated heterocycles. The van der Waals surface area contributed by atoms with Crippen LogP contribution in [0.1, 0.15) is 31.4 Å². The Morgan fingerprint density at radius 3 is 2.56 bits per heavy atom. The van der Waals surface area contributed by atoms with Crippen molar-refractivity contribution in [3.05, 3.63) is 36.0 Å². The van der Waals surface area contributed by atoms with Gasteiger partial charge in [0.2, 0.25) is 0 Å². The van der Waals surface area contributed by atoms with Crippen molar-refractivity contribution >= 4 is 16.9 Å². The number of carbonyl (C=O) groups is 1. The van der Waals surface area contributed by atoms with Gasteiger partial charge in [0, 0.05) is 24.8 Å². The zero-order valence-corrected chi connectivity index (χ0v) is 15.3. The lowest BCUT2D eigenvalue weighted by molar-refractivity contribution is -0.137. The predicted molar refractivity (Wildman–Crippen MR) is 101 cm³/mol. The number of para-hydroxylation sites is 1. The molecule has 0 radical (unpaired) electrons. The highest BCUT2D eigenvalue weighted by Gasteiger charge is 2.11. The first-order chi connectivity index (χ1) is 12.1. The second-order valence-corrected chi connectivity index (χ2v) is 6.38. The van der Waals surface area contributed by atoms with Crippen molar-refractivity contribution in [2.24, 2.45) is 0 Å². The summed E-state index contributed by atoms with van der Waals surface area (Å²) in [5, 5.41) is 15.3. The van der Waals surface area contributed by atoms with Crippen molar-refractivity contribution in [3.8, 4) is 0 Å². The van der Waals surface area contributed by atoms with Crippen LogP contribution in [0.25, 0.3) is 10.9 Å². The second-order valence-electron chi connectivity index (χ2n) is 6.38. The van der Waals surface area contributed by atoms with Crippen molar-refractivity contribution in [3.63, 3.8) is 0 Å². The van der Waals surface area contributed by atoms with Crippen LogP contribution in [0.5, 0.6) is 0 Å². The number of carboxylic acid groups (broad SMARTS) is 1. The fraction of sp³-hybridized carbons (Fsp3) is 0.526. The molecule has 138 valence electrons. The molecular formula is C19H30N4O2. The Hall–Kier alpha value is -1.89. The Balaban J connectivity index is 0.000000316. The molecule has 0 aliphatic carbocycles. The van der Waals surface area contributed by atoms with Crippen LogP contribution in [0.15, 0.2) is 30.3 Å². The summed E-state index contributed by atoms with van der Waals surface area (Å²) in [4.78, 5) is 10.8. The normalized spacial score (nSPS) is 14.4. The van der Waals surface area contributed by atoms with E-state index in [1.54, 1.807) is 0 Å². The molecule has 0 spiro atoms. The largest absolute Gasteiger partial charge is 0.481 e. The van der Waals surface area contributed by atoms with E-state index >= 15 is 0 Å². The van der Waals surface area contributed by atoms with E-state index < -0.39 is 5.97 Å². The van der Waals surface area contributed by atoms with E-state index in [-0.39, 0.29) is 6.42 Å². The Labute approximate surface area is 149 Å². The fourth-order valence-corrected chi connectivity index (χ4v) is 2.99. The topological polar surface area (TPSA) is 69.5 Å². The number of aromatic nitrogens is 1. The molecule has 1 aromatic heterocycles. The predicted octanol–water partition coefficient (Wildman–Crippen LogP) is 2.44. The molecule has 1 aromatic carbocycles. The average molecular weight is 346 g/mol. The van der Waals surface area contributed by atoms with Crippen LogP contribution in [0, 0.1) is 0 Å². The SMILES string of the molecule is C1CCNCC1.CNN(C)Cc1cc2ccccc2n1CCC(=O)O. The molecular weight excluding hydrogens is 316 g/mol. The Morgan fingerprint density at radius 1 is 1.28 bits per heavy atom. The minimum Gasteiger partial charge on any atom is -0.481 e. The molecule has 1 fully saturated rings. The molecule has 0 atom stereocenters. The van der Waals surface area contributed by atoms with Crippen molar-refractivity contribution in [1.29, 1.82) is 0 Å². The van der Waals surface area contributed by atoms with Gasteiger partial charge < -0.3 is 15.0 Å². The number of benzene rings is 1. The number of rotatable bonds is 6. The van der Waals surface area contributed by atoms with E-state index in [0.717, 1.165) is 23.1 Å². The number of aliphatic carboxylic acids is 1. The molecule has 3 rings (SSSR count). The Kier molecular flexibility index (Phi) is 7.91. The van der Waals surface area contributed by atoms with Crippen molar-refractivity contribution in [1.82, 2.24) is 20.3 Å². The first-order valence-electron chi connectivity index (χ1n) is 9.00. The van der Waals surface area contributed by atoms with Crippen LogP contribution in [0.2, 0.25) is 0 Å². The van der Waals surface area contributed by atoms with Gasteiger partial charge in [0.25, 0.3) is 0 Å². The molecule has 0 unspecified atom stereocenters. The highest BCUT2D eigenvalue weighted by molar-refractivity contribution is 5.81. The summed E-state index contributed by atoms with van der Waals surface area (Å²) in [6.07, 6.45) is 4.35. The van der Waals surface area contributed by atoms with Gasteiger partial charge in [-0.3, -0.25) is 10.2 Å². The van der Waals surface area contributed by atoms with Crippen LogP contribution in [0.4, 0.5) is 0 Å². The molecule has 2 aromatic rings. The number of hydrazine groups is 1. The number of nitrogens with one attached hydrogen (secondary N) is 2. The van der Waals surface area contributed by atoms with E-state index in [4.69, 9.17) is 5.11 Å². The minimum atomic E-state index is -0.772. The Morgan fingerprint density at radius 2 is 2.00 bits per heavy atom. The lowest BCUT2D eigenvalue weighted by Crippen LogP contribution is -2.31. The van der Waals surface area contributed by atoms with Crippen LogP contribution < -0.4 is 10.7 Å². The van der Waals surface area contributed by atoms with Crippen molar-refractivity contribution in [2.75, 3.05) is 27.2 Å². The maximum absolute atomic E-state index is 10.8. The number of fused-ring (bicyclic) bond motifs is 1. The van der Waals surface area contributed by atoms with Crippen LogP contribution >= 0.6 is 0 Å². The fourth-order valence-electron chi connectivity index (χ4n) is 2.99. The van der Waals surface area contributed by atoms with Gasteiger partial charge in [-0.15, -0.1) is 0 Å². The summed E-state index contributed by atoms with van der Waals surface area (Å²) in [5.41, 5.74) is 5.25. The number of hydrogen-bond acceptors (Lipinski definition) is 4. The zero-order valence-electron chi connectivity index (χ0n) is 15.3. The summed E-state index contributed by atoms with van der Waals surface area (Å²) >= 11 is 0. The lowest BCUT2D eigenvalue weighted by atomic mass is 10.2. The number of nitrogens with zero attached hydrogens (tertiary/aromatic N) is 2. The molecule has 25 heavy (non-hydrogen) atoms. The molecule has 1 aliphatic heterocycles. The maximum atomic E-state index is 10.8. The molecule has 6 nitrogen and oxygen atoms in total. The summed E-state index contributed by atoms with van der Waals surface area (Å²) in [6.45, 7) is 3.72.